The number of nitro groups is 1. The minimum absolute atomic E-state index is 0.0818. The van der Waals surface area contributed by atoms with E-state index in [2.05, 4.69) is 15.3 Å². The van der Waals surface area contributed by atoms with Gasteiger partial charge in [-0.1, -0.05) is 12.1 Å². The molecule has 3 aromatic carbocycles. The lowest BCUT2D eigenvalue weighted by Crippen LogP contribution is -2.47. The summed E-state index contributed by atoms with van der Waals surface area (Å²) in [6.07, 6.45) is 1.64. The maximum Gasteiger partial charge on any atom is 0.295 e. The number of hydrogen-bond acceptors (Lipinski definition) is 9. The first-order valence-corrected chi connectivity index (χ1v) is 13.7. The number of nitrogens with one attached hydrogen (secondary N) is 3. The van der Waals surface area contributed by atoms with Gasteiger partial charge < -0.3 is 20.0 Å². The Morgan fingerprint density at radius 1 is 1.05 bits per heavy atom. The molecule has 5 rings (SSSR count). The van der Waals surface area contributed by atoms with Crippen LogP contribution < -0.4 is 14.9 Å². The third-order valence-corrected chi connectivity index (χ3v) is 7.77. The van der Waals surface area contributed by atoms with E-state index in [1.165, 1.54) is 42.5 Å². The summed E-state index contributed by atoms with van der Waals surface area (Å²) in [5.41, 5.74) is 3.01. The van der Waals surface area contributed by atoms with Crippen molar-refractivity contribution in [1.29, 1.82) is 0 Å². The highest BCUT2D eigenvalue weighted by Gasteiger charge is 2.26. The molecule has 0 spiro atoms. The SMILES string of the molecule is CN1CCN(Nc2ccc(S(=O)(=O)NC(=O)c3ccccc3Oc3cc4cc[nH]c4cc3F)cc2[N+](=O)[O-])CC1. The number of fused-ring (bicyclic) bond motifs is 1. The predicted molar refractivity (Wildman–Crippen MR) is 145 cm³/mol. The Kier molecular flexibility index (Phi) is 7.38. The molecule has 0 atom stereocenters. The van der Waals surface area contributed by atoms with Crippen LogP contribution in [0.2, 0.25) is 0 Å². The molecule has 1 fully saturated rings. The standard InChI is InChI=1S/C26H25FN6O6S/c1-31-10-12-32(13-11-31)29-21-7-6-18(15-23(21)33(35)36)40(37,38)30-26(34)19-4-2-3-5-24(19)39-25-14-17-8-9-28-22(17)16-20(25)27/h2-9,14-16,28-29H,10-13H2,1H3,(H,30,34). The van der Waals surface area contributed by atoms with E-state index in [4.69, 9.17) is 4.74 Å². The number of rotatable bonds is 8. The molecule has 12 nitrogen and oxygen atoms in total. The second-order valence-corrected chi connectivity index (χ2v) is 10.9. The number of halogens is 1. The first-order chi connectivity index (χ1) is 19.1. The van der Waals surface area contributed by atoms with Crippen molar-refractivity contribution < 1.29 is 27.3 Å². The minimum atomic E-state index is -4.53. The van der Waals surface area contributed by atoms with Crippen molar-refractivity contribution in [3.8, 4) is 11.5 Å². The van der Waals surface area contributed by atoms with Crippen molar-refractivity contribution in [2.24, 2.45) is 0 Å². The number of amides is 1. The molecule has 1 aliphatic rings. The molecule has 0 aliphatic carbocycles. The van der Waals surface area contributed by atoms with E-state index >= 15 is 0 Å². The zero-order valence-corrected chi connectivity index (χ0v) is 22.1. The Hall–Kier alpha value is -4.53. The second kappa shape index (κ2) is 10.9. The van der Waals surface area contributed by atoms with Gasteiger partial charge in [0.15, 0.2) is 11.6 Å². The van der Waals surface area contributed by atoms with Crippen LogP contribution in [0, 0.1) is 15.9 Å². The number of hydrogen-bond donors (Lipinski definition) is 3. The molecule has 1 aliphatic heterocycles. The van der Waals surface area contributed by atoms with Crippen LogP contribution in [0.15, 0.2) is 71.8 Å². The number of carbonyl (C=O) groups excluding carboxylic acids is 1. The van der Waals surface area contributed by atoms with Crippen LogP contribution in [0.4, 0.5) is 15.8 Å². The smallest absolute Gasteiger partial charge is 0.295 e. The van der Waals surface area contributed by atoms with Gasteiger partial charge in [-0.05, 0) is 43.4 Å². The zero-order chi connectivity index (χ0) is 28.4. The maximum absolute atomic E-state index is 14.6. The number of hydrazine groups is 1. The van der Waals surface area contributed by atoms with Gasteiger partial charge in [0.05, 0.1) is 15.4 Å². The van der Waals surface area contributed by atoms with Gasteiger partial charge in [-0.15, -0.1) is 0 Å². The minimum Gasteiger partial charge on any atom is -0.453 e. The van der Waals surface area contributed by atoms with E-state index in [1.54, 1.807) is 18.3 Å². The molecular weight excluding hydrogens is 543 g/mol. The summed E-state index contributed by atoms with van der Waals surface area (Å²) in [6, 6.07) is 13.5. The molecule has 4 aromatic rings. The number of nitro benzene ring substituents is 1. The molecule has 2 heterocycles. The summed E-state index contributed by atoms with van der Waals surface area (Å²) in [5.74, 6) is -1.98. The molecule has 1 amide bonds. The van der Waals surface area contributed by atoms with E-state index in [-0.39, 0.29) is 22.7 Å². The van der Waals surface area contributed by atoms with Gasteiger partial charge in [0, 0.05) is 55.4 Å². The topological polar surface area (TPSA) is 150 Å². The van der Waals surface area contributed by atoms with Crippen LogP contribution in [0.25, 0.3) is 10.9 Å². The van der Waals surface area contributed by atoms with E-state index in [0.717, 1.165) is 19.2 Å². The molecule has 0 saturated carbocycles. The molecule has 0 radical (unpaired) electrons. The highest BCUT2D eigenvalue weighted by atomic mass is 32.2. The van der Waals surface area contributed by atoms with Crippen molar-refractivity contribution in [3.05, 3.63) is 88.4 Å². The van der Waals surface area contributed by atoms with Crippen molar-refractivity contribution in [1.82, 2.24) is 19.6 Å². The molecule has 3 N–H and O–H groups in total. The summed E-state index contributed by atoms with van der Waals surface area (Å²) >= 11 is 0. The number of sulfonamides is 1. The summed E-state index contributed by atoms with van der Waals surface area (Å²) in [4.78, 5) is 28.6. The molecule has 0 bridgehead atoms. The molecular formula is C26H25FN6O6S. The van der Waals surface area contributed by atoms with Crippen LogP contribution in [0.5, 0.6) is 11.5 Å². The lowest BCUT2D eigenvalue weighted by Gasteiger charge is -2.32. The number of carbonyl (C=O) groups is 1. The Bertz CT molecular complexity index is 1700. The Morgan fingerprint density at radius 3 is 2.55 bits per heavy atom. The molecule has 1 aromatic heterocycles. The van der Waals surface area contributed by atoms with E-state index in [9.17, 15) is 27.7 Å². The number of aromatic amines is 1. The second-order valence-electron chi connectivity index (χ2n) is 9.22. The average Bonchev–Trinajstić information content (AvgIpc) is 3.37. The van der Waals surface area contributed by atoms with E-state index < -0.39 is 37.3 Å². The third-order valence-electron chi connectivity index (χ3n) is 6.44. The molecule has 1 saturated heterocycles. The number of ether oxygens (including phenoxy) is 1. The number of anilines is 1. The van der Waals surface area contributed by atoms with E-state index in [0.29, 0.717) is 24.0 Å². The normalized spacial score (nSPS) is 14.7. The van der Waals surface area contributed by atoms with Crippen LogP contribution in [-0.4, -0.2) is 67.4 Å². The zero-order valence-electron chi connectivity index (χ0n) is 21.3. The average molecular weight is 569 g/mol. The number of nitrogens with zero attached hydrogens (tertiary/aromatic N) is 3. The fraction of sp³-hybridized carbons (Fsp3) is 0.192. The fourth-order valence-electron chi connectivity index (χ4n) is 4.24. The predicted octanol–water partition coefficient (Wildman–Crippen LogP) is 3.70. The summed E-state index contributed by atoms with van der Waals surface area (Å²) < 4.78 is 48.3. The van der Waals surface area contributed by atoms with Crippen LogP contribution >= 0.6 is 0 Å². The number of aromatic nitrogens is 1. The van der Waals surface area contributed by atoms with Crippen molar-refractivity contribution in [2.45, 2.75) is 4.90 Å². The first kappa shape index (κ1) is 27.1. The number of benzene rings is 3. The Labute approximate surface area is 228 Å². The summed E-state index contributed by atoms with van der Waals surface area (Å²) in [6.45, 7) is 2.76. The maximum atomic E-state index is 14.6. The van der Waals surface area contributed by atoms with Gasteiger partial charge in [0.2, 0.25) is 0 Å². The van der Waals surface area contributed by atoms with Gasteiger partial charge in [-0.3, -0.25) is 14.9 Å². The fourth-order valence-corrected chi connectivity index (χ4v) is 5.23. The molecule has 14 heteroatoms. The molecule has 0 unspecified atom stereocenters. The quantitative estimate of drug-likeness (QED) is 0.214. The van der Waals surface area contributed by atoms with Crippen molar-refractivity contribution >= 4 is 38.2 Å². The summed E-state index contributed by atoms with van der Waals surface area (Å²) in [7, 11) is -2.55. The Balaban J connectivity index is 1.37. The summed E-state index contributed by atoms with van der Waals surface area (Å²) in [5, 5.41) is 14.2. The number of likely N-dealkylation sites (N-methyl/N-ethyl adjacent to an activating group) is 1. The first-order valence-electron chi connectivity index (χ1n) is 12.2. The van der Waals surface area contributed by atoms with Gasteiger partial charge in [-0.2, -0.15) is 0 Å². The lowest BCUT2D eigenvalue weighted by molar-refractivity contribution is -0.384. The molecule has 40 heavy (non-hydrogen) atoms. The van der Waals surface area contributed by atoms with Crippen molar-refractivity contribution in [2.75, 3.05) is 38.7 Å². The van der Waals surface area contributed by atoms with Gasteiger partial charge in [-0.25, -0.2) is 22.5 Å². The van der Waals surface area contributed by atoms with Gasteiger partial charge in [0.25, 0.3) is 21.6 Å². The number of piperazine rings is 1. The van der Waals surface area contributed by atoms with E-state index in [1.807, 2.05) is 16.8 Å². The monoisotopic (exact) mass is 568 g/mol. The highest BCUT2D eigenvalue weighted by Crippen LogP contribution is 2.32. The van der Waals surface area contributed by atoms with Crippen LogP contribution in [0.3, 0.4) is 0 Å². The van der Waals surface area contributed by atoms with Gasteiger partial charge in [0.1, 0.15) is 11.4 Å². The number of H-pyrrole nitrogens is 1. The number of para-hydroxylation sites is 1. The Morgan fingerprint density at radius 2 is 1.80 bits per heavy atom. The van der Waals surface area contributed by atoms with Gasteiger partial charge >= 0.3 is 0 Å². The van der Waals surface area contributed by atoms with Crippen LogP contribution in [-0.2, 0) is 10.0 Å². The lowest BCUT2D eigenvalue weighted by atomic mass is 10.2. The third kappa shape index (κ3) is 5.73. The molecule has 208 valence electrons. The largest absolute Gasteiger partial charge is 0.453 e. The van der Waals surface area contributed by atoms with Crippen molar-refractivity contribution in [3.63, 3.8) is 0 Å². The van der Waals surface area contributed by atoms with Crippen LogP contribution in [0.1, 0.15) is 10.4 Å². The highest BCUT2D eigenvalue weighted by molar-refractivity contribution is 7.90.